The smallest absolute Gasteiger partial charge is 0.305 e. The summed E-state index contributed by atoms with van der Waals surface area (Å²) in [4.78, 5) is 24.7. The highest BCUT2D eigenvalue weighted by atomic mass is 16.5. The first kappa shape index (κ1) is 86.6. The molecule has 0 bridgehead atoms. The lowest BCUT2D eigenvalue weighted by molar-refractivity contribution is -0.143. The number of aliphatic hydroxyl groups is 2. The van der Waals surface area contributed by atoms with E-state index in [0.717, 1.165) is 38.5 Å². The second kappa shape index (κ2) is 78.0. The van der Waals surface area contributed by atoms with Crippen LogP contribution in [0.1, 0.15) is 476 Å². The number of ether oxygens (including phenoxy) is 1. The first-order valence-electron chi connectivity index (χ1n) is 40.9. The molecule has 1 amide bonds. The minimum Gasteiger partial charge on any atom is -0.466 e. The fraction of sp³-hybridized carbons (Fsp3) is 0.951. The fourth-order valence-corrected chi connectivity index (χ4v) is 13.3. The number of allylic oxidation sites excluding steroid dienone is 2. The molecule has 0 saturated carbocycles. The molecule has 2 atom stereocenters. The predicted molar refractivity (Wildman–Crippen MR) is 389 cm³/mol. The minimum atomic E-state index is -0.662. The molecule has 0 radical (unpaired) electrons. The molecular weight excluding hydrogens is 1080 g/mol. The SMILES string of the molecule is CCCCCCCCC/C=C\CCCCCCCCCC(=O)OCCCCCCCCCCCCCCCCCCCCCCCCCCCCCCCCCC(=O)NC(CO)C(O)CCCCCCCCCCCCCCCCCCCCCCCC. The number of esters is 1. The van der Waals surface area contributed by atoms with Gasteiger partial charge in [-0.1, -0.05) is 424 Å². The zero-order chi connectivity index (χ0) is 63.5. The fourth-order valence-electron chi connectivity index (χ4n) is 13.3. The van der Waals surface area contributed by atoms with Crippen LogP contribution < -0.4 is 5.32 Å². The van der Waals surface area contributed by atoms with Gasteiger partial charge in [0.2, 0.25) is 5.91 Å². The van der Waals surface area contributed by atoms with E-state index < -0.39 is 12.1 Å². The maximum atomic E-state index is 12.6. The van der Waals surface area contributed by atoms with Gasteiger partial charge in [0, 0.05) is 12.8 Å². The summed E-state index contributed by atoms with van der Waals surface area (Å²) in [6.07, 6.45) is 98.8. The molecule has 0 rings (SSSR count). The molecule has 0 fully saturated rings. The molecule has 0 aliphatic carbocycles. The van der Waals surface area contributed by atoms with E-state index in [-0.39, 0.29) is 18.5 Å². The molecule has 6 heteroatoms. The third-order valence-electron chi connectivity index (χ3n) is 19.6. The lowest BCUT2D eigenvalue weighted by Crippen LogP contribution is -2.45. The van der Waals surface area contributed by atoms with Crippen LogP contribution in [-0.4, -0.2) is 47.4 Å². The summed E-state index contributed by atoms with van der Waals surface area (Å²) in [5, 5.41) is 23.5. The first-order valence-corrected chi connectivity index (χ1v) is 40.9. The molecule has 3 N–H and O–H groups in total. The Morgan fingerprint density at radius 3 is 0.807 bits per heavy atom. The highest BCUT2D eigenvalue weighted by molar-refractivity contribution is 5.76. The molecule has 524 valence electrons. The number of carbonyl (C=O) groups is 2. The Hall–Kier alpha value is -1.40. The molecule has 0 heterocycles. The van der Waals surface area contributed by atoms with Gasteiger partial charge in [-0.2, -0.15) is 0 Å². The number of hydrogen-bond donors (Lipinski definition) is 3. The summed E-state index contributed by atoms with van der Waals surface area (Å²) in [7, 11) is 0. The van der Waals surface area contributed by atoms with Crippen molar-refractivity contribution in [3.8, 4) is 0 Å². The molecule has 2 unspecified atom stereocenters. The van der Waals surface area contributed by atoms with Crippen molar-refractivity contribution in [2.24, 2.45) is 0 Å². The van der Waals surface area contributed by atoms with Gasteiger partial charge >= 0.3 is 5.97 Å². The Morgan fingerprint density at radius 1 is 0.307 bits per heavy atom. The van der Waals surface area contributed by atoms with Gasteiger partial charge in [-0.05, 0) is 51.4 Å². The van der Waals surface area contributed by atoms with Crippen molar-refractivity contribution >= 4 is 11.9 Å². The molecule has 6 nitrogen and oxygen atoms in total. The first-order chi connectivity index (χ1) is 43.5. The number of unbranched alkanes of at least 4 members (excludes halogenated alkanes) is 65. The van der Waals surface area contributed by atoms with E-state index in [0.29, 0.717) is 25.9 Å². The van der Waals surface area contributed by atoms with E-state index in [1.165, 1.54) is 405 Å². The van der Waals surface area contributed by atoms with Gasteiger partial charge in [0.15, 0.2) is 0 Å². The summed E-state index contributed by atoms with van der Waals surface area (Å²) < 4.78 is 5.52. The number of carbonyl (C=O) groups excluding carboxylic acids is 2. The van der Waals surface area contributed by atoms with Crippen LogP contribution in [0.5, 0.6) is 0 Å². The second-order valence-corrected chi connectivity index (χ2v) is 28.5. The summed E-state index contributed by atoms with van der Waals surface area (Å²) in [5.74, 6) is -0.00548. The third-order valence-corrected chi connectivity index (χ3v) is 19.6. The molecule has 0 aromatic carbocycles. The summed E-state index contributed by atoms with van der Waals surface area (Å²) >= 11 is 0. The molecule has 0 saturated heterocycles. The number of hydrogen-bond acceptors (Lipinski definition) is 5. The van der Waals surface area contributed by atoms with Crippen molar-refractivity contribution in [2.75, 3.05) is 13.2 Å². The average molecular weight is 1240 g/mol. The average Bonchev–Trinajstić information content (AvgIpc) is 3.58. The van der Waals surface area contributed by atoms with Crippen LogP contribution in [0.25, 0.3) is 0 Å². The Kier molecular flexibility index (Phi) is 76.8. The molecule has 0 spiro atoms. The second-order valence-electron chi connectivity index (χ2n) is 28.5. The number of rotatable bonds is 78. The predicted octanol–water partition coefficient (Wildman–Crippen LogP) is 27.1. The van der Waals surface area contributed by atoms with Gasteiger partial charge < -0.3 is 20.3 Å². The highest BCUT2D eigenvalue weighted by Crippen LogP contribution is 2.21. The van der Waals surface area contributed by atoms with Gasteiger partial charge in [0.05, 0.1) is 25.4 Å². The van der Waals surface area contributed by atoms with E-state index in [9.17, 15) is 19.8 Å². The van der Waals surface area contributed by atoms with Crippen LogP contribution in [0.15, 0.2) is 12.2 Å². The van der Waals surface area contributed by atoms with Gasteiger partial charge in [0.1, 0.15) is 0 Å². The quantitative estimate of drug-likeness (QED) is 0.0320. The minimum absolute atomic E-state index is 0.0192. The van der Waals surface area contributed by atoms with Crippen LogP contribution in [0.3, 0.4) is 0 Å². The molecule has 0 aromatic rings. The number of amides is 1. The van der Waals surface area contributed by atoms with Crippen LogP contribution >= 0.6 is 0 Å². The van der Waals surface area contributed by atoms with Gasteiger partial charge in [-0.15, -0.1) is 0 Å². The molecular formula is C82H161NO5. The van der Waals surface area contributed by atoms with Gasteiger partial charge in [0.25, 0.3) is 0 Å². The summed E-state index contributed by atoms with van der Waals surface area (Å²) in [6.45, 7) is 5.01. The lowest BCUT2D eigenvalue weighted by Gasteiger charge is -2.22. The van der Waals surface area contributed by atoms with E-state index in [2.05, 4.69) is 31.3 Å². The molecule has 0 aromatic heterocycles. The zero-order valence-electron chi connectivity index (χ0n) is 60.3. The standard InChI is InChI=1S/C82H161NO5/c1-3-5-7-9-11-13-15-17-19-21-23-24-36-39-42-46-50-54-58-62-66-70-74-80(85)79(78-84)83-81(86)75-71-67-63-59-55-51-47-43-40-37-34-32-30-28-26-25-27-29-31-33-35-38-41-45-49-53-57-61-65-69-73-77-88-82(87)76-72-68-64-60-56-52-48-44-22-20-18-16-14-12-10-8-6-4-2/h20,22,79-80,84-85H,3-19,21,23-78H2,1-2H3,(H,83,86)/b22-20-. The highest BCUT2D eigenvalue weighted by Gasteiger charge is 2.20. The van der Waals surface area contributed by atoms with Crippen LogP contribution in [-0.2, 0) is 14.3 Å². The van der Waals surface area contributed by atoms with Crippen molar-refractivity contribution < 1.29 is 24.5 Å². The Labute approximate surface area is 552 Å². The summed E-state index contributed by atoms with van der Waals surface area (Å²) in [5.41, 5.74) is 0. The molecule has 0 aliphatic heterocycles. The molecule has 0 aliphatic rings. The third kappa shape index (κ3) is 73.6. The van der Waals surface area contributed by atoms with Crippen LogP contribution in [0.2, 0.25) is 0 Å². The Bertz CT molecular complexity index is 1340. The topological polar surface area (TPSA) is 95.9 Å². The maximum Gasteiger partial charge on any atom is 0.305 e. The van der Waals surface area contributed by atoms with E-state index in [1.54, 1.807) is 0 Å². The van der Waals surface area contributed by atoms with E-state index in [4.69, 9.17) is 4.74 Å². The van der Waals surface area contributed by atoms with E-state index >= 15 is 0 Å². The lowest BCUT2D eigenvalue weighted by atomic mass is 10.0. The van der Waals surface area contributed by atoms with Crippen molar-refractivity contribution in [3.63, 3.8) is 0 Å². The van der Waals surface area contributed by atoms with Crippen LogP contribution in [0.4, 0.5) is 0 Å². The largest absolute Gasteiger partial charge is 0.466 e. The monoisotopic (exact) mass is 1240 g/mol. The maximum absolute atomic E-state index is 12.6. The van der Waals surface area contributed by atoms with Crippen molar-refractivity contribution in [1.29, 1.82) is 0 Å². The number of nitrogens with one attached hydrogen (secondary N) is 1. The Balaban J connectivity index is 3.32. The van der Waals surface area contributed by atoms with Gasteiger partial charge in [-0.3, -0.25) is 9.59 Å². The Morgan fingerprint density at radius 2 is 0.534 bits per heavy atom. The van der Waals surface area contributed by atoms with E-state index in [1.807, 2.05) is 0 Å². The summed E-state index contributed by atoms with van der Waals surface area (Å²) in [6, 6.07) is -0.539. The number of aliphatic hydroxyl groups excluding tert-OH is 2. The van der Waals surface area contributed by atoms with Crippen molar-refractivity contribution in [1.82, 2.24) is 5.32 Å². The van der Waals surface area contributed by atoms with Crippen LogP contribution in [0, 0.1) is 0 Å². The zero-order valence-corrected chi connectivity index (χ0v) is 60.3. The normalized spacial score (nSPS) is 12.5. The van der Waals surface area contributed by atoms with Crippen molar-refractivity contribution in [3.05, 3.63) is 12.2 Å². The van der Waals surface area contributed by atoms with Crippen molar-refractivity contribution in [2.45, 2.75) is 488 Å². The van der Waals surface area contributed by atoms with Gasteiger partial charge in [-0.25, -0.2) is 0 Å². The molecule has 88 heavy (non-hydrogen) atoms.